The van der Waals surface area contributed by atoms with Crippen molar-refractivity contribution in [3.05, 3.63) is 24.3 Å². The van der Waals surface area contributed by atoms with E-state index in [0.29, 0.717) is 0 Å². The molecule has 0 amide bonds. The number of aromatic nitrogens is 2. The van der Waals surface area contributed by atoms with Gasteiger partial charge in [-0.05, 0) is 25.6 Å². The van der Waals surface area contributed by atoms with Gasteiger partial charge in [0.15, 0.2) is 0 Å². The van der Waals surface area contributed by atoms with Gasteiger partial charge in [-0.25, -0.2) is 9.97 Å². The largest absolute Gasteiger partial charge is 0.330 e. The molecule has 1 rings (SSSR count). The average molecular weight is 166 g/mol. The van der Waals surface area contributed by atoms with Crippen LogP contribution >= 0.6 is 0 Å². The summed E-state index contributed by atoms with van der Waals surface area (Å²) in [6.45, 7) is 2.47. The first kappa shape index (κ1) is 9.09. The van der Waals surface area contributed by atoms with Gasteiger partial charge in [-0.2, -0.15) is 0 Å². The van der Waals surface area contributed by atoms with Crippen LogP contribution in [-0.4, -0.2) is 23.1 Å². The number of nitrogens with two attached hydrogens (primary N) is 1. The van der Waals surface area contributed by atoms with Crippen LogP contribution in [0.25, 0.3) is 0 Å². The van der Waals surface area contributed by atoms with Crippen molar-refractivity contribution in [1.82, 2.24) is 15.3 Å². The third kappa shape index (κ3) is 3.41. The Balaban J connectivity index is 2.16. The third-order valence-electron chi connectivity index (χ3n) is 1.51. The second-order valence-electron chi connectivity index (χ2n) is 2.52. The van der Waals surface area contributed by atoms with Crippen molar-refractivity contribution < 1.29 is 0 Å². The topological polar surface area (TPSA) is 63.8 Å². The van der Waals surface area contributed by atoms with Crippen molar-refractivity contribution in [1.29, 1.82) is 0 Å². The lowest BCUT2D eigenvalue weighted by atomic mass is 10.4. The minimum absolute atomic E-state index is 0.733. The summed E-state index contributed by atoms with van der Waals surface area (Å²) in [7, 11) is 0. The van der Waals surface area contributed by atoms with Crippen molar-refractivity contribution in [2.75, 3.05) is 13.1 Å². The van der Waals surface area contributed by atoms with Crippen molar-refractivity contribution in [3.63, 3.8) is 0 Å². The first-order valence-electron chi connectivity index (χ1n) is 4.09. The van der Waals surface area contributed by atoms with Gasteiger partial charge in [-0.1, -0.05) is 0 Å². The van der Waals surface area contributed by atoms with E-state index >= 15 is 0 Å². The number of rotatable bonds is 5. The van der Waals surface area contributed by atoms with E-state index in [9.17, 15) is 0 Å². The van der Waals surface area contributed by atoms with Crippen molar-refractivity contribution in [2.45, 2.75) is 13.0 Å². The van der Waals surface area contributed by atoms with Crippen LogP contribution in [0.1, 0.15) is 12.1 Å². The standard InChI is InChI=1S/C8H14N4/c9-3-1-4-10-6-8-2-5-11-7-12-8/h2,5,7,10H,1,3-4,6,9H2. The first-order valence-corrected chi connectivity index (χ1v) is 4.09. The quantitative estimate of drug-likeness (QED) is 0.600. The summed E-state index contributed by atoms with van der Waals surface area (Å²) in [6, 6.07) is 1.90. The fourth-order valence-corrected chi connectivity index (χ4v) is 0.866. The molecule has 0 fully saturated rings. The molecule has 4 heteroatoms. The summed E-state index contributed by atoms with van der Waals surface area (Å²) in [5.41, 5.74) is 6.36. The van der Waals surface area contributed by atoms with Gasteiger partial charge in [0.05, 0.1) is 5.69 Å². The molecule has 0 aliphatic carbocycles. The lowest BCUT2D eigenvalue weighted by Gasteiger charge is -2.01. The zero-order chi connectivity index (χ0) is 8.65. The van der Waals surface area contributed by atoms with E-state index in [-0.39, 0.29) is 0 Å². The van der Waals surface area contributed by atoms with Gasteiger partial charge in [0.2, 0.25) is 0 Å². The smallest absolute Gasteiger partial charge is 0.115 e. The van der Waals surface area contributed by atoms with Crippen LogP contribution in [0.15, 0.2) is 18.6 Å². The summed E-state index contributed by atoms with van der Waals surface area (Å²) in [5.74, 6) is 0. The fraction of sp³-hybridized carbons (Fsp3) is 0.500. The van der Waals surface area contributed by atoms with E-state index in [0.717, 1.165) is 31.7 Å². The highest BCUT2D eigenvalue weighted by atomic mass is 14.9. The molecule has 0 bridgehead atoms. The Morgan fingerprint density at radius 3 is 3.08 bits per heavy atom. The normalized spacial score (nSPS) is 10.1. The van der Waals surface area contributed by atoms with Gasteiger partial charge in [-0.3, -0.25) is 0 Å². The highest BCUT2D eigenvalue weighted by Gasteiger charge is 1.90. The van der Waals surface area contributed by atoms with Crippen LogP contribution in [0.5, 0.6) is 0 Å². The molecule has 0 aliphatic rings. The summed E-state index contributed by atoms with van der Waals surface area (Å²) in [6.07, 6.45) is 4.30. The minimum atomic E-state index is 0.733. The van der Waals surface area contributed by atoms with Gasteiger partial charge >= 0.3 is 0 Å². The van der Waals surface area contributed by atoms with Gasteiger partial charge < -0.3 is 11.1 Å². The van der Waals surface area contributed by atoms with Crippen LogP contribution in [0.4, 0.5) is 0 Å². The van der Waals surface area contributed by atoms with Crippen LogP contribution in [0.3, 0.4) is 0 Å². The molecule has 0 aliphatic heterocycles. The van der Waals surface area contributed by atoms with Gasteiger partial charge in [0.1, 0.15) is 6.33 Å². The SMILES string of the molecule is NCCCNCc1ccncn1. The molecule has 0 saturated heterocycles. The average Bonchev–Trinajstić information content (AvgIpc) is 2.14. The van der Waals surface area contributed by atoms with Crippen molar-refractivity contribution >= 4 is 0 Å². The third-order valence-corrected chi connectivity index (χ3v) is 1.51. The highest BCUT2D eigenvalue weighted by molar-refractivity contribution is 4.96. The number of nitrogens with zero attached hydrogens (tertiary/aromatic N) is 2. The van der Waals surface area contributed by atoms with E-state index in [4.69, 9.17) is 5.73 Å². The lowest BCUT2D eigenvalue weighted by molar-refractivity contribution is 0.645. The molecular formula is C8H14N4. The van der Waals surface area contributed by atoms with E-state index in [1.165, 1.54) is 0 Å². The molecule has 0 unspecified atom stereocenters. The maximum absolute atomic E-state index is 5.34. The molecule has 4 nitrogen and oxygen atoms in total. The summed E-state index contributed by atoms with van der Waals surface area (Å²) in [5, 5.41) is 3.23. The molecule has 0 spiro atoms. The van der Waals surface area contributed by atoms with Crippen molar-refractivity contribution in [3.8, 4) is 0 Å². The molecule has 12 heavy (non-hydrogen) atoms. The first-order chi connectivity index (χ1) is 5.93. The van der Waals surface area contributed by atoms with Gasteiger partial charge in [0.25, 0.3) is 0 Å². The monoisotopic (exact) mass is 166 g/mol. The molecular weight excluding hydrogens is 152 g/mol. The molecule has 0 aromatic carbocycles. The zero-order valence-electron chi connectivity index (χ0n) is 7.03. The summed E-state index contributed by atoms with van der Waals surface area (Å²) >= 11 is 0. The maximum Gasteiger partial charge on any atom is 0.115 e. The Hall–Kier alpha value is -1.00. The zero-order valence-corrected chi connectivity index (χ0v) is 7.03. The molecule has 0 radical (unpaired) electrons. The Kier molecular flexibility index (Phi) is 4.26. The molecule has 1 heterocycles. The van der Waals surface area contributed by atoms with Crippen LogP contribution in [0.2, 0.25) is 0 Å². The second kappa shape index (κ2) is 5.62. The van der Waals surface area contributed by atoms with Gasteiger partial charge in [-0.15, -0.1) is 0 Å². The Morgan fingerprint density at radius 1 is 1.50 bits per heavy atom. The van der Waals surface area contributed by atoms with Crippen LogP contribution < -0.4 is 11.1 Å². The van der Waals surface area contributed by atoms with Crippen LogP contribution in [0, 0.1) is 0 Å². The Morgan fingerprint density at radius 2 is 2.42 bits per heavy atom. The predicted octanol–water partition coefficient (Wildman–Crippen LogP) is -0.0850. The number of hydrogen-bond donors (Lipinski definition) is 2. The molecule has 0 atom stereocenters. The summed E-state index contributed by atoms with van der Waals surface area (Å²) < 4.78 is 0. The molecule has 66 valence electrons. The molecule has 1 aromatic heterocycles. The lowest BCUT2D eigenvalue weighted by Crippen LogP contribution is -2.18. The number of hydrogen-bond acceptors (Lipinski definition) is 4. The Labute approximate surface area is 72.2 Å². The van der Waals surface area contributed by atoms with Gasteiger partial charge in [0, 0.05) is 12.7 Å². The predicted molar refractivity (Wildman–Crippen MR) is 47.4 cm³/mol. The minimum Gasteiger partial charge on any atom is -0.330 e. The van der Waals surface area contributed by atoms with E-state index in [1.54, 1.807) is 12.5 Å². The maximum atomic E-state index is 5.34. The second-order valence-corrected chi connectivity index (χ2v) is 2.52. The van der Waals surface area contributed by atoms with Crippen LogP contribution in [-0.2, 0) is 6.54 Å². The van der Waals surface area contributed by atoms with E-state index in [2.05, 4.69) is 15.3 Å². The van der Waals surface area contributed by atoms with E-state index < -0.39 is 0 Å². The summed E-state index contributed by atoms with van der Waals surface area (Å²) in [4.78, 5) is 7.90. The number of nitrogens with one attached hydrogen (secondary N) is 1. The fourth-order valence-electron chi connectivity index (χ4n) is 0.866. The Bertz CT molecular complexity index is 199. The molecule has 1 aromatic rings. The highest BCUT2D eigenvalue weighted by Crippen LogP contribution is 1.88. The molecule has 3 N–H and O–H groups in total. The van der Waals surface area contributed by atoms with Crippen molar-refractivity contribution in [2.24, 2.45) is 5.73 Å². The molecule has 0 saturated carbocycles. The van der Waals surface area contributed by atoms with E-state index in [1.807, 2.05) is 6.07 Å².